The number of rotatable bonds is 7. The number of aromatic nitrogens is 1. The maximum atomic E-state index is 5.50. The Morgan fingerprint density at radius 2 is 1.96 bits per heavy atom. The average Bonchev–Trinajstić information content (AvgIpc) is 3.26. The molecule has 0 saturated heterocycles. The second kappa shape index (κ2) is 8.47. The zero-order valence-corrected chi connectivity index (χ0v) is 16.3. The van der Waals surface area contributed by atoms with Crippen LogP contribution in [-0.2, 0) is 4.74 Å². The molecule has 0 bridgehead atoms. The van der Waals surface area contributed by atoms with Gasteiger partial charge in [-0.25, -0.2) is 4.99 Å². The highest BCUT2D eigenvalue weighted by Gasteiger charge is 2.14. The first-order chi connectivity index (χ1) is 12.2. The highest BCUT2D eigenvalue weighted by Crippen LogP contribution is 2.28. The predicted molar refractivity (Wildman–Crippen MR) is 105 cm³/mol. The SMILES string of the molecule is CCOc1ccc(N=c2scc(-c3cccs3)n2C(C)COC)cc1. The van der Waals surface area contributed by atoms with Gasteiger partial charge in [-0.2, -0.15) is 0 Å². The molecule has 0 saturated carbocycles. The van der Waals surface area contributed by atoms with Crippen LogP contribution in [0.15, 0.2) is 52.2 Å². The van der Waals surface area contributed by atoms with Crippen molar-refractivity contribution in [3.05, 3.63) is 52.0 Å². The van der Waals surface area contributed by atoms with E-state index < -0.39 is 0 Å². The van der Waals surface area contributed by atoms with Gasteiger partial charge in [-0.1, -0.05) is 6.07 Å². The first-order valence-electron chi connectivity index (χ1n) is 8.23. The molecule has 3 aromatic rings. The van der Waals surface area contributed by atoms with E-state index in [4.69, 9.17) is 14.5 Å². The van der Waals surface area contributed by atoms with Gasteiger partial charge in [0.15, 0.2) is 4.80 Å². The molecule has 0 fully saturated rings. The van der Waals surface area contributed by atoms with Crippen molar-refractivity contribution in [2.45, 2.75) is 19.9 Å². The first kappa shape index (κ1) is 17.9. The number of thiazole rings is 1. The normalized spacial score (nSPS) is 13.2. The summed E-state index contributed by atoms with van der Waals surface area (Å²) in [7, 11) is 1.73. The Balaban J connectivity index is 2.03. The fraction of sp³-hybridized carbons (Fsp3) is 0.316. The predicted octanol–water partition coefficient (Wildman–Crippen LogP) is 5.12. The molecule has 2 heterocycles. The Bertz CT molecular complexity index is 848. The molecule has 2 aromatic heterocycles. The monoisotopic (exact) mass is 374 g/mol. The van der Waals surface area contributed by atoms with Crippen LogP contribution in [0.2, 0.25) is 0 Å². The van der Waals surface area contributed by atoms with Crippen LogP contribution in [0.5, 0.6) is 5.75 Å². The molecule has 4 nitrogen and oxygen atoms in total. The minimum absolute atomic E-state index is 0.204. The minimum Gasteiger partial charge on any atom is -0.494 e. The summed E-state index contributed by atoms with van der Waals surface area (Å²) in [6, 6.07) is 12.3. The number of thiophene rings is 1. The number of methoxy groups -OCH3 is 1. The third-order valence-electron chi connectivity index (χ3n) is 3.74. The van der Waals surface area contributed by atoms with Crippen LogP contribution < -0.4 is 9.54 Å². The Labute approximate surface area is 156 Å². The van der Waals surface area contributed by atoms with Gasteiger partial charge in [-0.3, -0.25) is 0 Å². The fourth-order valence-corrected chi connectivity index (χ4v) is 4.46. The summed E-state index contributed by atoms with van der Waals surface area (Å²) in [6.07, 6.45) is 0. The van der Waals surface area contributed by atoms with Crippen molar-refractivity contribution < 1.29 is 9.47 Å². The summed E-state index contributed by atoms with van der Waals surface area (Å²) < 4.78 is 13.1. The Morgan fingerprint density at radius 3 is 2.60 bits per heavy atom. The van der Waals surface area contributed by atoms with Crippen LogP contribution in [0.3, 0.4) is 0 Å². The maximum Gasteiger partial charge on any atom is 0.190 e. The van der Waals surface area contributed by atoms with E-state index in [0.717, 1.165) is 16.2 Å². The standard InChI is InChI=1S/C19H22N2O2S2/c1-4-23-16-9-7-15(8-10-16)20-19-21(14(2)12-22-3)17(13-25-19)18-6-5-11-24-18/h5-11,13-14H,4,12H2,1-3H3. The molecule has 6 heteroatoms. The lowest BCUT2D eigenvalue weighted by molar-refractivity contribution is 0.162. The van der Waals surface area contributed by atoms with Gasteiger partial charge >= 0.3 is 0 Å². The third kappa shape index (κ3) is 4.21. The van der Waals surface area contributed by atoms with Gasteiger partial charge < -0.3 is 14.0 Å². The molecule has 1 aromatic carbocycles. The highest BCUT2D eigenvalue weighted by atomic mass is 32.1. The molecule has 0 spiro atoms. The summed E-state index contributed by atoms with van der Waals surface area (Å²) in [4.78, 5) is 7.06. The van der Waals surface area contributed by atoms with E-state index >= 15 is 0 Å². The number of benzene rings is 1. The van der Waals surface area contributed by atoms with E-state index in [-0.39, 0.29) is 6.04 Å². The van der Waals surface area contributed by atoms with E-state index in [1.54, 1.807) is 29.8 Å². The van der Waals surface area contributed by atoms with Gasteiger partial charge in [-0.15, -0.1) is 22.7 Å². The number of hydrogen-bond acceptors (Lipinski definition) is 5. The zero-order chi connectivity index (χ0) is 17.6. The van der Waals surface area contributed by atoms with Crippen molar-refractivity contribution in [2.24, 2.45) is 4.99 Å². The minimum atomic E-state index is 0.204. The van der Waals surface area contributed by atoms with Crippen molar-refractivity contribution >= 4 is 28.4 Å². The highest BCUT2D eigenvalue weighted by molar-refractivity contribution is 7.14. The van der Waals surface area contributed by atoms with Crippen molar-refractivity contribution in [3.8, 4) is 16.3 Å². The topological polar surface area (TPSA) is 35.8 Å². The number of ether oxygens (including phenoxy) is 2. The smallest absolute Gasteiger partial charge is 0.190 e. The molecule has 0 aliphatic rings. The number of nitrogens with zero attached hydrogens (tertiary/aromatic N) is 2. The largest absolute Gasteiger partial charge is 0.494 e. The summed E-state index contributed by atoms with van der Waals surface area (Å²) in [5.74, 6) is 0.868. The van der Waals surface area contributed by atoms with Crippen LogP contribution in [-0.4, -0.2) is 24.9 Å². The van der Waals surface area contributed by atoms with Crippen molar-refractivity contribution in [2.75, 3.05) is 20.3 Å². The Kier molecular flexibility index (Phi) is 6.07. The van der Waals surface area contributed by atoms with Gasteiger partial charge in [0.1, 0.15) is 5.75 Å². The van der Waals surface area contributed by atoms with Crippen LogP contribution in [0, 0.1) is 0 Å². The van der Waals surface area contributed by atoms with E-state index in [9.17, 15) is 0 Å². The lowest BCUT2D eigenvalue weighted by Gasteiger charge is -2.15. The van der Waals surface area contributed by atoms with E-state index in [1.165, 1.54) is 10.6 Å². The second-order valence-electron chi connectivity index (χ2n) is 5.59. The first-order valence-corrected chi connectivity index (χ1v) is 9.99. The van der Waals surface area contributed by atoms with Crippen LogP contribution in [0.25, 0.3) is 10.6 Å². The molecule has 0 aliphatic heterocycles. The molecule has 3 rings (SSSR count). The zero-order valence-electron chi connectivity index (χ0n) is 14.6. The van der Waals surface area contributed by atoms with Crippen molar-refractivity contribution in [1.82, 2.24) is 4.57 Å². The van der Waals surface area contributed by atoms with Gasteiger partial charge in [-0.05, 0) is 49.6 Å². The molecule has 0 amide bonds. The molecular weight excluding hydrogens is 352 g/mol. The molecule has 25 heavy (non-hydrogen) atoms. The Morgan fingerprint density at radius 1 is 1.16 bits per heavy atom. The second-order valence-corrected chi connectivity index (χ2v) is 7.38. The molecule has 1 atom stereocenters. The van der Waals surface area contributed by atoms with Crippen LogP contribution >= 0.6 is 22.7 Å². The van der Waals surface area contributed by atoms with Gasteiger partial charge in [0.2, 0.25) is 0 Å². The van der Waals surface area contributed by atoms with Crippen LogP contribution in [0.1, 0.15) is 19.9 Å². The Hall–Kier alpha value is -1.89. The van der Waals surface area contributed by atoms with E-state index in [1.807, 2.05) is 31.2 Å². The third-order valence-corrected chi connectivity index (χ3v) is 5.47. The summed E-state index contributed by atoms with van der Waals surface area (Å²) in [5.41, 5.74) is 2.11. The van der Waals surface area contributed by atoms with Crippen LogP contribution in [0.4, 0.5) is 5.69 Å². The summed E-state index contributed by atoms with van der Waals surface area (Å²) in [5, 5.41) is 4.27. The van der Waals surface area contributed by atoms with E-state index in [0.29, 0.717) is 13.2 Å². The van der Waals surface area contributed by atoms with E-state index in [2.05, 4.69) is 34.4 Å². The van der Waals surface area contributed by atoms with Crippen molar-refractivity contribution in [1.29, 1.82) is 0 Å². The lowest BCUT2D eigenvalue weighted by atomic mass is 10.3. The lowest BCUT2D eigenvalue weighted by Crippen LogP contribution is -2.22. The van der Waals surface area contributed by atoms with Gasteiger partial charge in [0.05, 0.1) is 35.5 Å². The fourth-order valence-electron chi connectivity index (χ4n) is 2.64. The summed E-state index contributed by atoms with van der Waals surface area (Å²) in [6.45, 7) is 5.45. The van der Waals surface area contributed by atoms with Crippen molar-refractivity contribution in [3.63, 3.8) is 0 Å². The molecule has 1 unspecified atom stereocenters. The maximum absolute atomic E-state index is 5.50. The molecule has 0 aliphatic carbocycles. The number of hydrogen-bond donors (Lipinski definition) is 0. The quantitative estimate of drug-likeness (QED) is 0.576. The van der Waals surface area contributed by atoms with Gasteiger partial charge in [0.25, 0.3) is 0 Å². The summed E-state index contributed by atoms with van der Waals surface area (Å²) >= 11 is 3.39. The molecule has 132 valence electrons. The van der Waals surface area contributed by atoms with Gasteiger partial charge in [0, 0.05) is 12.5 Å². The average molecular weight is 375 g/mol. The molecular formula is C19H22N2O2S2. The molecule has 0 radical (unpaired) electrons. The molecule has 0 N–H and O–H groups in total.